The maximum absolute atomic E-state index is 12.1. The van der Waals surface area contributed by atoms with E-state index >= 15 is 0 Å². The summed E-state index contributed by atoms with van der Waals surface area (Å²) in [6.45, 7) is 5.24. The van der Waals surface area contributed by atoms with Gasteiger partial charge in [-0.1, -0.05) is 23.7 Å². The molecule has 28 heavy (non-hydrogen) atoms. The van der Waals surface area contributed by atoms with Gasteiger partial charge in [-0.3, -0.25) is 4.79 Å². The Morgan fingerprint density at radius 1 is 1.18 bits per heavy atom. The van der Waals surface area contributed by atoms with Crippen LogP contribution in [-0.2, 0) is 5.60 Å². The quantitative estimate of drug-likeness (QED) is 0.186. The summed E-state index contributed by atoms with van der Waals surface area (Å²) in [5, 5.41) is 19.9. The van der Waals surface area contributed by atoms with E-state index in [1.807, 2.05) is 6.92 Å². The zero-order valence-electron chi connectivity index (χ0n) is 15.9. The summed E-state index contributed by atoms with van der Waals surface area (Å²) in [7, 11) is 0. The summed E-state index contributed by atoms with van der Waals surface area (Å²) in [5.41, 5.74) is -0.765. The molecule has 1 aromatic carbocycles. The molecule has 1 atom stereocenters. The number of rotatable bonds is 8. The van der Waals surface area contributed by atoms with Crippen LogP contribution in [0.4, 0.5) is 0 Å². The fourth-order valence-electron chi connectivity index (χ4n) is 2.34. The molecule has 0 saturated heterocycles. The molecule has 0 aliphatic carbocycles. The molecule has 9 heteroatoms. The second-order valence-electron chi connectivity index (χ2n) is 6.11. The molecule has 0 aliphatic rings. The zero-order chi connectivity index (χ0) is 19.7. The zero-order valence-corrected chi connectivity index (χ0v) is 19.0. The van der Waals surface area contributed by atoms with Crippen LogP contribution in [-0.4, -0.2) is 43.2 Å². The minimum atomic E-state index is -1.20. The van der Waals surface area contributed by atoms with Crippen molar-refractivity contribution in [3.63, 3.8) is 0 Å². The first-order valence-electron chi connectivity index (χ1n) is 8.75. The van der Waals surface area contributed by atoms with Gasteiger partial charge in [0.25, 0.3) is 5.91 Å². The third-order valence-corrected chi connectivity index (χ3v) is 4.09. The van der Waals surface area contributed by atoms with Crippen molar-refractivity contribution in [3.05, 3.63) is 59.0 Å². The Hall–Kier alpha value is -1.78. The molecule has 1 heterocycles. The van der Waals surface area contributed by atoms with Crippen LogP contribution in [0.15, 0.2) is 52.1 Å². The molecule has 2 aromatic rings. The Kier molecular flexibility index (Phi) is 10.3. The first kappa shape index (κ1) is 24.3. The largest absolute Gasteiger partial charge is 0.466 e. The number of furan rings is 1. The van der Waals surface area contributed by atoms with E-state index in [-0.39, 0.29) is 36.4 Å². The van der Waals surface area contributed by atoms with Gasteiger partial charge in [-0.25, -0.2) is 4.99 Å². The van der Waals surface area contributed by atoms with Gasteiger partial charge in [0.2, 0.25) is 0 Å². The molecule has 1 aromatic heterocycles. The maximum Gasteiger partial charge on any atom is 0.252 e. The summed E-state index contributed by atoms with van der Waals surface area (Å²) < 4.78 is 5.25. The highest BCUT2D eigenvalue weighted by molar-refractivity contribution is 14.0. The van der Waals surface area contributed by atoms with Crippen LogP contribution in [0.5, 0.6) is 0 Å². The fourth-order valence-corrected chi connectivity index (χ4v) is 2.56. The van der Waals surface area contributed by atoms with Crippen LogP contribution < -0.4 is 16.0 Å². The minimum absolute atomic E-state index is 0. The molecule has 4 N–H and O–H groups in total. The topological polar surface area (TPSA) is 98.9 Å². The lowest BCUT2D eigenvalue weighted by Gasteiger charge is -2.19. The minimum Gasteiger partial charge on any atom is -0.466 e. The smallest absolute Gasteiger partial charge is 0.252 e. The van der Waals surface area contributed by atoms with Gasteiger partial charge in [0.1, 0.15) is 11.4 Å². The van der Waals surface area contributed by atoms with Crippen molar-refractivity contribution in [3.8, 4) is 0 Å². The molecule has 0 radical (unpaired) electrons. The Morgan fingerprint density at radius 3 is 2.54 bits per heavy atom. The Morgan fingerprint density at radius 2 is 1.89 bits per heavy atom. The Labute approximate surface area is 187 Å². The van der Waals surface area contributed by atoms with E-state index in [1.54, 1.807) is 43.3 Å². The highest BCUT2D eigenvalue weighted by Gasteiger charge is 2.26. The van der Waals surface area contributed by atoms with E-state index in [0.29, 0.717) is 41.9 Å². The summed E-state index contributed by atoms with van der Waals surface area (Å²) >= 11 is 6.01. The molecule has 7 nitrogen and oxygen atoms in total. The SMILES string of the molecule is CCNC(=NCC(C)(O)c1ccco1)NCCNC(=O)c1ccccc1Cl.I. The van der Waals surface area contributed by atoms with Gasteiger partial charge in [-0.15, -0.1) is 24.0 Å². The molecule has 0 bridgehead atoms. The van der Waals surface area contributed by atoms with Crippen LogP contribution in [0.3, 0.4) is 0 Å². The molecule has 0 aliphatic heterocycles. The first-order chi connectivity index (χ1) is 12.9. The van der Waals surface area contributed by atoms with Crippen LogP contribution in [0.1, 0.15) is 30.0 Å². The fraction of sp³-hybridized carbons (Fsp3) is 0.368. The molecule has 0 spiro atoms. The monoisotopic (exact) mass is 520 g/mol. The van der Waals surface area contributed by atoms with Gasteiger partial charge in [0, 0.05) is 19.6 Å². The number of aliphatic imine (C=N–C) groups is 1. The van der Waals surface area contributed by atoms with E-state index in [1.165, 1.54) is 6.26 Å². The maximum atomic E-state index is 12.1. The summed E-state index contributed by atoms with van der Waals surface area (Å²) in [6.07, 6.45) is 1.51. The number of guanidine groups is 1. The highest BCUT2D eigenvalue weighted by Crippen LogP contribution is 2.21. The van der Waals surface area contributed by atoms with E-state index in [0.717, 1.165) is 0 Å². The molecule has 1 unspecified atom stereocenters. The van der Waals surface area contributed by atoms with Crippen molar-refractivity contribution < 1.29 is 14.3 Å². The molecule has 1 amide bonds. The lowest BCUT2D eigenvalue weighted by atomic mass is 10.0. The lowest BCUT2D eigenvalue weighted by molar-refractivity contribution is 0.0437. The predicted octanol–water partition coefficient (Wildman–Crippen LogP) is 2.74. The number of nitrogens with zero attached hydrogens (tertiary/aromatic N) is 1. The molecular weight excluding hydrogens is 495 g/mol. The molecule has 154 valence electrons. The van der Waals surface area contributed by atoms with Gasteiger partial charge >= 0.3 is 0 Å². The predicted molar refractivity (Wildman–Crippen MR) is 121 cm³/mol. The van der Waals surface area contributed by atoms with E-state index in [4.69, 9.17) is 16.0 Å². The van der Waals surface area contributed by atoms with Crippen LogP contribution >= 0.6 is 35.6 Å². The number of benzene rings is 1. The van der Waals surface area contributed by atoms with Crippen molar-refractivity contribution in [1.29, 1.82) is 0 Å². The Balaban J connectivity index is 0.00000392. The second-order valence-corrected chi connectivity index (χ2v) is 6.52. The average Bonchev–Trinajstić information content (AvgIpc) is 3.19. The standard InChI is InChI=1S/C19H25ClN4O3.HI/c1-3-21-18(24-13-19(2,26)16-9-6-12-27-16)23-11-10-22-17(25)14-7-4-5-8-15(14)20;/h4-9,12,26H,3,10-11,13H2,1-2H3,(H,22,25)(H2,21,23,24);1H. The van der Waals surface area contributed by atoms with Crippen LogP contribution in [0, 0.1) is 0 Å². The molecule has 0 fully saturated rings. The normalized spacial score (nSPS) is 13.2. The molecule has 0 saturated carbocycles. The highest BCUT2D eigenvalue weighted by atomic mass is 127. The number of hydrogen-bond donors (Lipinski definition) is 4. The van der Waals surface area contributed by atoms with E-state index < -0.39 is 5.60 Å². The Bertz CT molecular complexity index is 766. The summed E-state index contributed by atoms with van der Waals surface area (Å²) in [5.74, 6) is 0.760. The number of amides is 1. The van der Waals surface area contributed by atoms with Gasteiger partial charge in [0.05, 0.1) is 23.4 Å². The van der Waals surface area contributed by atoms with Gasteiger partial charge in [-0.2, -0.15) is 0 Å². The van der Waals surface area contributed by atoms with Gasteiger partial charge in [0.15, 0.2) is 5.96 Å². The average molecular weight is 521 g/mol. The van der Waals surface area contributed by atoms with Crippen molar-refractivity contribution in [1.82, 2.24) is 16.0 Å². The second kappa shape index (κ2) is 11.9. The third-order valence-electron chi connectivity index (χ3n) is 3.76. The molecular formula is C19H26ClIN4O3. The number of carbonyl (C=O) groups is 1. The van der Waals surface area contributed by atoms with Crippen LogP contribution in [0.25, 0.3) is 0 Å². The lowest BCUT2D eigenvalue weighted by Crippen LogP contribution is -2.42. The first-order valence-corrected chi connectivity index (χ1v) is 9.13. The number of carbonyl (C=O) groups excluding carboxylic acids is 1. The van der Waals surface area contributed by atoms with Crippen LogP contribution in [0.2, 0.25) is 5.02 Å². The summed E-state index contributed by atoms with van der Waals surface area (Å²) in [4.78, 5) is 16.5. The number of halogens is 2. The van der Waals surface area contributed by atoms with E-state index in [2.05, 4.69) is 20.9 Å². The number of hydrogen-bond acceptors (Lipinski definition) is 4. The van der Waals surface area contributed by atoms with Gasteiger partial charge < -0.3 is 25.5 Å². The van der Waals surface area contributed by atoms with Crippen molar-refractivity contribution in [2.24, 2.45) is 4.99 Å². The molecule has 2 rings (SSSR count). The van der Waals surface area contributed by atoms with Crippen molar-refractivity contribution in [2.75, 3.05) is 26.2 Å². The summed E-state index contributed by atoms with van der Waals surface area (Å²) in [6, 6.07) is 10.3. The third kappa shape index (κ3) is 7.33. The van der Waals surface area contributed by atoms with Gasteiger partial charge in [-0.05, 0) is 38.1 Å². The van der Waals surface area contributed by atoms with Crippen molar-refractivity contribution in [2.45, 2.75) is 19.4 Å². The van der Waals surface area contributed by atoms with Crippen molar-refractivity contribution >= 4 is 47.4 Å². The number of aliphatic hydroxyl groups is 1. The van der Waals surface area contributed by atoms with E-state index in [9.17, 15) is 9.90 Å². The number of nitrogens with one attached hydrogen (secondary N) is 3.